The molecule has 0 spiro atoms. The maximum atomic E-state index is 4.23. The van der Waals surface area contributed by atoms with Crippen molar-refractivity contribution in [2.45, 2.75) is 20.3 Å². The molecular weight excluding hydrogens is 154 g/mol. The van der Waals surface area contributed by atoms with E-state index in [0.717, 1.165) is 17.7 Å². The molecular formula is C7H9N5. The third-order valence-corrected chi connectivity index (χ3v) is 1.83. The molecule has 5 nitrogen and oxygen atoms in total. The third kappa shape index (κ3) is 0.939. The van der Waals surface area contributed by atoms with E-state index < -0.39 is 0 Å². The molecule has 0 amide bonds. The number of hydrogen-bond acceptors (Lipinski definition) is 4. The molecule has 0 aliphatic carbocycles. The Balaban J connectivity index is 2.73. The fourth-order valence-corrected chi connectivity index (χ4v) is 1.17. The van der Waals surface area contributed by atoms with Crippen LogP contribution in [0.15, 0.2) is 6.07 Å². The van der Waals surface area contributed by atoms with Crippen molar-refractivity contribution in [1.29, 1.82) is 0 Å². The Bertz CT molecular complexity index is 405. The molecule has 0 N–H and O–H groups in total. The standard InChI is InChI=1S/C7H9N5/c1-3-6-5(2)4-7-8-10-11-12(7)9-6/h4H,3H2,1-2H3. The van der Waals surface area contributed by atoms with E-state index in [1.54, 1.807) is 0 Å². The van der Waals surface area contributed by atoms with Gasteiger partial charge in [-0.2, -0.15) is 5.10 Å². The molecule has 0 saturated carbocycles. The van der Waals surface area contributed by atoms with Crippen LogP contribution < -0.4 is 0 Å². The molecule has 0 bridgehead atoms. The zero-order chi connectivity index (χ0) is 8.55. The first kappa shape index (κ1) is 7.15. The van der Waals surface area contributed by atoms with E-state index in [1.807, 2.05) is 13.0 Å². The minimum absolute atomic E-state index is 0.699. The van der Waals surface area contributed by atoms with Crippen molar-refractivity contribution in [3.8, 4) is 0 Å². The Kier molecular flexibility index (Phi) is 1.49. The van der Waals surface area contributed by atoms with Gasteiger partial charge in [-0.3, -0.25) is 0 Å². The van der Waals surface area contributed by atoms with Crippen LogP contribution in [0.1, 0.15) is 18.2 Å². The number of tetrazole rings is 1. The molecule has 0 aromatic carbocycles. The van der Waals surface area contributed by atoms with Gasteiger partial charge in [-0.15, -0.1) is 9.73 Å². The Labute approximate surface area is 69.4 Å². The van der Waals surface area contributed by atoms with Crippen LogP contribution in [0.3, 0.4) is 0 Å². The van der Waals surface area contributed by atoms with E-state index in [4.69, 9.17) is 0 Å². The topological polar surface area (TPSA) is 56.0 Å². The molecule has 0 fully saturated rings. The summed E-state index contributed by atoms with van der Waals surface area (Å²) in [6.07, 6.45) is 0.904. The van der Waals surface area contributed by atoms with E-state index in [1.165, 1.54) is 4.63 Å². The molecule has 0 atom stereocenters. The largest absolute Gasteiger partial charge is 0.200 e. The molecule has 0 aliphatic heterocycles. The quantitative estimate of drug-likeness (QED) is 0.610. The van der Waals surface area contributed by atoms with Gasteiger partial charge in [0.15, 0.2) is 5.65 Å². The lowest BCUT2D eigenvalue weighted by molar-refractivity contribution is 0.708. The van der Waals surface area contributed by atoms with Gasteiger partial charge in [-0.25, -0.2) is 0 Å². The summed E-state index contributed by atoms with van der Waals surface area (Å²) in [6, 6.07) is 1.94. The number of hydrogen-bond donors (Lipinski definition) is 0. The van der Waals surface area contributed by atoms with Crippen LogP contribution in [-0.2, 0) is 6.42 Å². The maximum Gasteiger partial charge on any atom is 0.200 e. The van der Waals surface area contributed by atoms with Crippen LogP contribution in [-0.4, -0.2) is 25.3 Å². The van der Waals surface area contributed by atoms with Gasteiger partial charge in [0.25, 0.3) is 0 Å². The van der Waals surface area contributed by atoms with E-state index in [2.05, 4.69) is 27.5 Å². The van der Waals surface area contributed by atoms with Gasteiger partial charge in [-0.1, -0.05) is 6.92 Å². The van der Waals surface area contributed by atoms with Crippen LogP contribution in [0.5, 0.6) is 0 Å². The molecule has 0 radical (unpaired) electrons. The molecule has 2 aromatic rings. The lowest BCUT2D eigenvalue weighted by Gasteiger charge is -1.99. The van der Waals surface area contributed by atoms with Gasteiger partial charge in [0, 0.05) is 0 Å². The first-order valence-electron chi connectivity index (χ1n) is 3.86. The molecule has 62 valence electrons. The molecule has 2 heterocycles. The maximum absolute atomic E-state index is 4.23. The second-order valence-electron chi connectivity index (χ2n) is 2.65. The van der Waals surface area contributed by atoms with Crippen LogP contribution in [0.25, 0.3) is 5.65 Å². The lowest BCUT2D eigenvalue weighted by Crippen LogP contribution is -2.01. The Morgan fingerprint density at radius 1 is 1.50 bits per heavy atom. The van der Waals surface area contributed by atoms with E-state index in [0.29, 0.717) is 5.65 Å². The Morgan fingerprint density at radius 2 is 2.33 bits per heavy atom. The highest BCUT2D eigenvalue weighted by molar-refractivity contribution is 5.38. The van der Waals surface area contributed by atoms with Gasteiger partial charge in [0.2, 0.25) is 0 Å². The van der Waals surface area contributed by atoms with Crippen molar-refractivity contribution in [3.63, 3.8) is 0 Å². The highest BCUT2D eigenvalue weighted by Crippen LogP contribution is 2.05. The molecule has 0 aliphatic rings. The summed E-state index contributed by atoms with van der Waals surface area (Å²) >= 11 is 0. The lowest BCUT2D eigenvalue weighted by atomic mass is 10.2. The predicted molar refractivity (Wildman–Crippen MR) is 42.7 cm³/mol. The summed E-state index contributed by atoms with van der Waals surface area (Å²) in [5.74, 6) is 0. The number of aromatic nitrogens is 5. The number of fused-ring (bicyclic) bond motifs is 1. The number of rotatable bonds is 1. The first-order valence-corrected chi connectivity index (χ1v) is 3.86. The normalized spacial score (nSPS) is 10.8. The summed E-state index contributed by atoms with van der Waals surface area (Å²) in [5, 5.41) is 15.3. The first-order chi connectivity index (χ1) is 5.81. The highest BCUT2D eigenvalue weighted by atomic mass is 15.6. The average Bonchev–Trinajstić information content (AvgIpc) is 2.49. The summed E-state index contributed by atoms with van der Waals surface area (Å²) < 4.78 is 1.45. The minimum atomic E-state index is 0.699. The smallest absolute Gasteiger partial charge is 0.152 e. The fraction of sp³-hybridized carbons (Fsp3) is 0.429. The van der Waals surface area contributed by atoms with Crippen molar-refractivity contribution >= 4 is 5.65 Å². The van der Waals surface area contributed by atoms with Crippen LogP contribution in [0.2, 0.25) is 0 Å². The van der Waals surface area contributed by atoms with E-state index >= 15 is 0 Å². The van der Waals surface area contributed by atoms with Crippen molar-refractivity contribution in [3.05, 3.63) is 17.3 Å². The predicted octanol–water partition coefficient (Wildman–Crippen LogP) is 0.390. The Hall–Kier alpha value is -1.52. The highest BCUT2D eigenvalue weighted by Gasteiger charge is 2.02. The molecule has 5 heteroatoms. The van der Waals surface area contributed by atoms with Gasteiger partial charge >= 0.3 is 0 Å². The van der Waals surface area contributed by atoms with Gasteiger partial charge < -0.3 is 0 Å². The van der Waals surface area contributed by atoms with Crippen molar-refractivity contribution in [2.24, 2.45) is 0 Å². The minimum Gasteiger partial charge on any atom is -0.152 e. The van der Waals surface area contributed by atoms with Crippen LogP contribution in [0, 0.1) is 6.92 Å². The summed E-state index contributed by atoms with van der Waals surface area (Å²) in [6.45, 7) is 4.08. The van der Waals surface area contributed by atoms with Crippen molar-refractivity contribution < 1.29 is 0 Å². The van der Waals surface area contributed by atoms with E-state index in [-0.39, 0.29) is 0 Å². The Morgan fingerprint density at radius 3 is 3.08 bits per heavy atom. The van der Waals surface area contributed by atoms with Gasteiger partial charge in [0.1, 0.15) is 0 Å². The second-order valence-corrected chi connectivity index (χ2v) is 2.65. The summed E-state index contributed by atoms with van der Waals surface area (Å²) in [4.78, 5) is 0. The van der Waals surface area contributed by atoms with Gasteiger partial charge in [-0.05, 0) is 35.4 Å². The zero-order valence-electron chi connectivity index (χ0n) is 7.02. The molecule has 2 aromatic heterocycles. The van der Waals surface area contributed by atoms with Crippen molar-refractivity contribution in [1.82, 2.24) is 25.3 Å². The number of nitrogens with zero attached hydrogens (tertiary/aromatic N) is 5. The molecule has 0 unspecified atom stereocenters. The summed E-state index contributed by atoms with van der Waals surface area (Å²) in [7, 11) is 0. The zero-order valence-corrected chi connectivity index (χ0v) is 7.02. The van der Waals surface area contributed by atoms with Crippen molar-refractivity contribution in [2.75, 3.05) is 0 Å². The molecule has 2 rings (SSSR count). The monoisotopic (exact) mass is 163 g/mol. The number of aryl methyl sites for hydroxylation is 2. The molecule has 0 saturated heterocycles. The third-order valence-electron chi connectivity index (χ3n) is 1.83. The molecule has 12 heavy (non-hydrogen) atoms. The van der Waals surface area contributed by atoms with Gasteiger partial charge in [0.05, 0.1) is 5.69 Å². The van der Waals surface area contributed by atoms with Crippen LogP contribution in [0.4, 0.5) is 0 Å². The van der Waals surface area contributed by atoms with Crippen LogP contribution >= 0.6 is 0 Å². The SMILES string of the molecule is CCc1nn2nnnc2cc1C. The fourth-order valence-electron chi connectivity index (χ4n) is 1.17. The second kappa shape index (κ2) is 2.51. The average molecular weight is 163 g/mol. The van der Waals surface area contributed by atoms with E-state index in [9.17, 15) is 0 Å². The summed E-state index contributed by atoms with van der Waals surface area (Å²) in [5.41, 5.74) is 2.87.